The van der Waals surface area contributed by atoms with E-state index in [1.807, 2.05) is 0 Å². The molecule has 1 aliphatic rings. The van der Waals surface area contributed by atoms with Crippen LogP contribution < -0.4 is 15.4 Å². The summed E-state index contributed by atoms with van der Waals surface area (Å²) in [7, 11) is 1.51. The highest BCUT2D eigenvalue weighted by Gasteiger charge is 2.37. The lowest BCUT2D eigenvalue weighted by atomic mass is 10.0. The first-order chi connectivity index (χ1) is 19.3. The summed E-state index contributed by atoms with van der Waals surface area (Å²) in [6.07, 6.45) is -8.75. The largest absolute Gasteiger partial charge is 0.592 e. The lowest BCUT2D eigenvalue weighted by Gasteiger charge is -2.31. The fourth-order valence-electron chi connectivity index (χ4n) is 4.32. The first-order valence-corrected chi connectivity index (χ1v) is 14.5. The van der Waals surface area contributed by atoms with E-state index in [4.69, 9.17) is 4.74 Å². The quantitative estimate of drug-likeness (QED) is 0.227. The van der Waals surface area contributed by atoms with Crippen molar-refractivity contribution in [3.8, 4) is 5.75 Å². The minimum atomic E-state index is -4.89. The molecule has 1 aliphatic heterocycles. The van der Waals surface area contributed by atoms with Crippen molar-refractivity contribution in [3.63, 3.8) is 0 Å². The van der Waals surface area contributed by atoms with Crippen LogP contribution in [0.2, 0.25) is 0 Å². The Morgan fingerprint density at radius 2 is 1.66 bits per heavy atom. The maximum Gasteiger partial charge on any atom is 0.416 e. The fourth-order valence-corrected chi connectivity index (χ4v) is 6.90. The number of carbonyl (C=O) groups excluding carboxylic acids is 1. The van der Waals surface area contributed by atoms with Crippen molar-refractivity contribution in [3.05, 3.63) is 81.7 Å². The molecule has 3 aromatic rings. The van der Waals surface area contributed by atoms with Gasteiger partial charge < -0.3 is 19.9 Å². The van der Waals surface area contributed by atoms with Gasteiger partial charge in [0, 0.05) is 42.2 Å². The molecule has 1 unspecified atom stereocenters. The van der Waals surface area contributed by atoms with Gasteiger partial charge in [0.1, 0.15) is 5.75 Å². The number of thiophene rings is 1. The molecule has 0 radical (unpaired) electrons. The third-order valence-electron chi connectivity index (χ3n) is 6.49. The molecule has 14 heteroatoms. The predicted molar refractivity (Wildman–Crippen MR) is 143 cm³/mol. The van der Waals surface area contributed by atoms with Gasteiger partial charge in [-0.05, 0) is 60.9 Å². The summed E-state index contributed by atoms with van der Waals surface area (Å²) < 4.78 is 99.4. The standard InChI is InChI=1S/C27H27F6N3O3S2/c1-39-22-4-2-3-18(13-22)25(37)35-16-23-5-6-24(40-23)41(38)36-9-7-21(8-10-36)34-15-17-11-19(26(28,29)30)14-20(12-17)27(31,32)33/h2-6,11-14,21,34H,7-10,15-16H2,1H3,(H,35,37). The van der Waals surface area contributed by atoms with Gasteiger partial charge in [0.2, 0.25) is 4.21 Å². The van der Waals surface area contributed by atoms with E-state index in [2.05, 4.69) is 10.6 Å². The van der Waals surface area contributed by atoms with E-state index >= 15 is 0 Å². The highest BCUT2D eigenvalue weighted by Crippen LogP contribution is 2.36. The number of nitrogens with zero attached hydrogens (tertiary/aromatic N) is 1. The van der Waals surface area contributed by atoms with Crippen LogP contribution in [0.3, 0.4) is 0 Å². The van der Waals surface area contributed by atoms with Crippen molar-refractivity contribution < 1.29 is 40.4 Å². The number of halogens is 6. The maximum atomic E-state index is 13.1. The van der Waals surface area contributed by atoms with Crippen LogP contribution in [-0.2, 0) is 36.8 Å². The number of amides is 1. The molecule has 4 rings (SSSR count). The van der Waals surface area contributed by atoms with Crippen molar-refractivity contribution in [2.24, 2.45) is 0 Å². The van der Waals surface area contributed by atoms with Gasteiger partial charge in [-0.15, -0.1) is 4.31 Å². The molecule has 0 saturated carbocycles. The van der Waals surface area contributed by atoms with Crippen molar-refractivity contribution in [2.45, 2.75) is 48.5 Å². The molecule has 41 heavy (non-hydrogen) atoms. The second-order valence-electron chi connectivity index (χ2n) is 9.38. The summed E-state index contributed by atoms with van der Waals surface area (Å²) in [6.45, 7) is 0.965. The monoisotopic (exact) mass is 619 g/mol. The van der Waals surface area contributed by atoms with E-state index in [0.29, 0.717) is 41.5 Å². The van der Waals surface area contributed by atoms with Crippen LogP contribution in [0.4, 0.5) is 26.3 Å². The number of piperidine rings is 1. The zero-order chi connectivity index (χ0) is 29.8. The average molecular weight is 620 g/mol. The van der Waals surface area contributed by atoms with Gasteiger partial charge in [0.15, 0.2) is 0 Å². The molecule has 222 valence electrons. The zero-order valence-corrected chi connectivity index (χ0v) is 23.4. The van der Waals surface area contributed by atoms with Crippen molar-refractivity contribution in [1.82, 2.24) is 14.9 Å². The van der Waals surface area contributed by atoms with Crippen LogP contribution in [0, 0.1) is 0 Å². The Kier molecular flexibility index (Phi) is 9.90. The van der Waals surface area contributed by atoms with E-state index in [-0.39, 0.29) is 36.7 Å². The molecule has 1 aromatic heterocycles. The summed E-state index contributed by atoms with van der Waals surface area (Å²) in [5.74, 6) is 0.297. The van der Waals surface area contributed by atoms with Gasteiger partial charge in [0.25, 0.3) is 5.91 Å². The normalized spacial score (nSPS) is 16.0. The van der Waals surface area contributed by atoms with Gasteiger partial charge >= 0.3 is 12.4 Å². The predicted octanol–water partition coefficient (Wildman–Crippen LogP) is 6.00. The minimum absolute atomic E-state index is 0.109. The smallest absolute Gasteiger partial charge is 0.416 e. The van der Waals surface area contributed by atoms with Crippen molar-refractivity contribution >= 4 is 28.6 Å². The van der Waals surface area contributed by atoms with E-state index in [0.717, 1.165) is 17.0 Å². The van der Waals surface area contributed by atoms with Gasteiger partial charge in [-0.3, -0.25) is 4.79 Å². The maximum absolute atomic E-state index is 13.1. The van der Waals surface area contributed by atoms with Crippen molar-refractivity contribution in [1.29, 1.82) is 0 Å². The Labute approximate surface area is 240 Å². The molecule has 1 atom stereocenters. The number of hydrogen-bond acceptors (Lipinski definition) is 6. The van der Waals surface area contributed by atoms with Crippen LogP contribution in [0.25, 0.3) is 0 Å². The fraction of sp³-hybridized carbons (Fsp3) is 0.370. The third-order valence-corrected chi connectivity index (χ3v) is 9.37. The van der Waals surface area contributed by atoms with Crippen molar-refractivity contribution in [2.75, 3.05) is 20.2 Å². The lowest BCUT2D eigenvalue weighted by Crippen LogP contribution is -2.44. The van der Waals surface area contributed by atoms with E-state index < -0.39 is 34.8 Å². The number of rotatable bonds is 9. The number of nitrogens with one attached hydrogen (secondary N) is 2. The van der Waals surface area contributed by atoms with Gasteiger partial charge in [-0.2, -0.15) is 26.3 Å². The molecule has 6 nitrogen and oxygen atoms in total. The number of hydrogen-bond donors (Lipinski definition) is 2. The van der Waals surface area contributed by atoms with Crippen LogP contribution in [0.1, 0.15) is 44.8 Å². The SMILES string of the molecule is COc1cccc(C(=O)NCc2ccc([S+]([O-])N3CCC(NCc4cc(C(F)(F)F)cc(C(F)(F)F)c4)CC3)s2)c1. The molecule has 1 fully saturated rings. The molecule has 2 aromatic carbocycles. The van der Waals surface area contributed by atoms with E-state index in [1.165, 1.54) is 18.4 Å². The molecule has 2 N–H and O–H groups in total. The molecule has 2 heterocycles. The summed E-state index contributed by atoms with van der Waals surface area (Å²) in [5, 5.41) is 5.87. The number of ether oxygens (including phenoxy) is 1. The Morgan fingerprint density at radius 3 is 2.27 bits per heavy atom. The second-order valence-corrected chi connectivity index (χ2v) is 12.3. The number of alkyl halides is 6. The molecule has 0 spiro atoms. The lowest BCUT2D eigenvalue weighted by molar-refractivity contribution is -0.143. The first-order valence-electron chi connectivity index (χ1n) is 12.5. The van der Waals surface area contributed by atoms with E-state index in [9.17, 15) is 35.7 Å². The topological polar surface area (TPSA) is 76.7 Å². The summed E-state index contributed by atoms with van der Waals surface area (Å²) >= 11 is -0.126. The summed E-state index contributed by atoms with van der Waals surface area (Å²) in [5.41, 5.74) is -2.34. The van der Waals surface area contributed by atoms with E-state index in [1.54, 1.807) is 40.7 Å². The number of carbonyl (C=O) groups is 1. The summed E-state index contributed by atoms with van der Waals surface area (Å²) in [4.78, 5) is 13.3. The van der Waals surface area contributed by atoms with Gasteiger partial charge in [-0.1, -0.05) is 17.4 Å². The van der Waals surface area contributed by atoms with Crippen LogP contribution in [0.5, 0.6) is 5.75 Å². The average Bonchev–Trinajstić information content (AvgIpc) is 3.43. The Hall–Kier alpha value is -2.78. The molecule has 0 bridgehead atoms. The highest BCUT2D eigenvalue weighted by molar-refractivity contribution is 7.91. The number of methoxy groups -OCH3 is 1. The third kappa shape index (κ3) is 8.38. The number of benzene rings is 2. The Balaban J connectivity index is 1.27. The highest BCUT2D eigenvalue weighted by atomic mass is 32.2. The molecular formula is C27H27F6N3O3S2. The van der Waals surface area contributed by atoms with Gasteiger partial charge in [-0.25, -0.2) is 0 Å². The van der Waals surface area contributed by atoms with Crippen LogP contribution in [-0.4, -0.2) is 41.0 Å². The van der Waals surface area contributed by atoms with Crippen LogP contribution in [0.15, 0.2) is 58.8 Å². The Morgan fingerprint density at radius 1 is 1.00 bits per heavy atom. The summed E-state index contributed by atoms with van der Waals surface area (Å²) in [6, 6.07) is 11.7. The molecular weight excluding hydrogens is 592 g/mol. The molecule has 0 aliphatic carbocycles. The minimum Gasteiger partial charge on any atom is -0.592 e. The molecule has 1 amide bonds. The van der Waals surface area contributed by atoms with Crippen LogP contribution >= 0.6 is 11.3 Å². The van der Waals surface area contributed by atoms with Gasteiger partial charge in [0.05, 0.1) is 36.1 Å². The zero-order valence-electron chi connectivity index (χ0n) is 21.8. The Bertz CT molecular complexity index is 1310. The first kappa shape index (κ1) is 31.2. The molecule has 1 saturated heterocycles. The second kappa shape index (κ2) is 13.0.